The molecule has 31 heavy (non-hydrogen) atoms. The number of hydrogen-bond acceptors (Lipinski definition) is 7. The van der Waals surface area contributed by atoms with E-state index in [9.17, 15) is 4.79 Å². The average Bonchev–Trinajstić information content (AvgIpc) is 3.56. The smallest absolute Gasteiger partial charge is 0.206 e. The van der Waals surface area contributed by atoms with E-state index in [4.69, 9.17) is 10.5 Å². The Morgan fingerprint density at radius 1 is 1.26 bits per heavy atom. The van der Waals surface area contributed by atoms with Crippen LogP contribution in [0.1, 0.15) is 46.5 Å². The Labute approximate surface area is 187 Å². The van der Waals surface area contributed by atoms with Gasteiger partial charge < -0.3 is 20.7 Å². The lowest BCUT2D eigenvalue weighted by Crippen LogP contribution is -2.30. The first kappa shape index (κ1) is 21.3. The Kier molecular flexibility index (Phi) is 6.25. The Balaban J connectivity index is 1.42. The van der Waals surface area contributed by atoms with E-state index in [1.807, 2.05) is 56.6 Å². The number of ether oxygens (including phenoxy) is 1. The summed E-state index contributed by atoms with van der Waals surface area (Å²) < 4.78 is 5.82. The first-order valence-electron chi connectivity index (χ1n) is 10.5. The molecule has 162 valence electrons. The molecule has 0 radical (unpaired) electrons. The van der Waals surface area contributed by atoms with Crippen LogP contribution >= 0.6 is 11.3 Å². The minimum Gasteiger partial charge on any atom is -0.492 e. The van der Waals surface area contributed by atoms with Crippen LogP contribution in [0.25, 0.3) is 0 Å². The fraction of sp³-hybridized carbons (Fsp3) is 0.333. The van der Waals surface area contributed by atoms with E-state index in [0.29, 0.717) is 34.1 Å². The number of ketones is 1. The maximum absolute atomic E-state index is 13.0. The minimum absolute atomic E-state index is 0.0793. The third kappa shape index (κ3) is 5.24. The number of rotatable bonds is 9. The number of nitrogen functional groups attached to an aromatic ring is 1. The van der Waals surface area contributed by atoms with Crippen molar-refractivity contribution in [2.45, 2.75) is 31.7 Å². The van der Waals surface area contributed by atoms with Crippen molar-refractivity contribution in [3.8, 4) is 5.75 Å². The second-order valence-corrected chi connectivity index (χ2v) is 9.23. The monoisotopic (exact) mass is 436 g/mol. The van der Waals surface area contributed by atoms with Crippen LogP contribution in [0, 0.1) is 0 Å². The molecule has 6 nitrogen and oxygen atoms in total. The highest BCUT2D eigenvalue weighted by molar-refractivity contribution is 7.18. The maximum atomic E-state index is 13.0. The predicted molar refractivity (Wildman–Crippen MR) is 127 cm³/mol. The molecule has 0 bridgehead atoms. The molecule has 0 spiro atoms. The van der Waals surface area contributed by atoms with Crippen LogP contribution in [0.4, 0.5) is 16.6 Å². The van der Waals surface area contributed by atoms with E-state index in [1.165, 1.54) is 29.7 Å². The molecule has 4 rings (SSSR count). The van der Waals surface area contributed by atoms with Crippen LogP contribution < -0.4 is 15.8 Å². The summed E-state index contributed by atoms with van der Waals surface area (Å²) in [6, 6.07) is 15.9. The van der Waals surface area contributed by atoms with E-state index in [0.717, 1.165) is 11.4 Å². The number of nitrogens with two attached hydrogens (primary N) is 1. The molecule has 1 atom stereocenters. The van der Waals surface area contributed by atoms with Gasteiger partial charge in [-0.05, 0) is 75.7 Å². The first-order valence-corrected chi connectivity index (χ1v) is 11.3. The highest BCUT2D eigenvalue weighted by atomic mass is 32.1. The first-order chi connectivity index (χ1) is 14.9. The second kappa shape index (κ2) is 9.08. The van der Waals surface area contributed by atoms with Gasteiger partial charge in [0.1, 0.15) is 23.1 Å². The van der Waals surface area contributed by atoms with Crippen LogP contribution in [-0.2, 0) is 0 Å². The lowest BCUT2D eigenvalue weighted by Gasteiger charge is -2.20. The number of hydrogen-bond donors (Lipinski definition) is 2. The zero-order valence-corrected chi connectivity index (χ0v) is 18.9. The number of carbonyl (C=O) groups excluding carboxylic acids is 1. The van der Waals surface area contributed by atoms with Crippen LogP contribution in [0.5, 0.6) is 5.75 Å². The summed E-state index contributed by atoms with van der Waals surface area (Å²) in [7, 11) is 4.06. The summed E-state index contributed by atoms with van der Waals surface area (Å²) in [6.07, 6.45) is 2.40. The number of anilines is 3. The van der Waals surface area contributed by atoms with Gasteiger partial charge in [-0.1, -0.05) is 29.5 Å². The summed E-state index contributed by atoms with van der Waals surface area (Å²) in [6.45, 7) is 2.74. The lowest BCUT2D eigenvalue weighted by atomic mass is 10.0. The zero-order valence-electron chi connectivity index (χ0n) is 18.1. The van der Waals surface area contributed by atoms with Crippen molar-refractivity contribution in [2.24, 2.45) is 0 Å². The molecule has 2 aromatic carbocycles. The van der Waals surface area contributed by atoms with Gasteiger partial charge in [0.25, 0.3) is 0 Å². The van der Waals surface area contributed by atoms with Crippen molar-refractivity contribution in [3.63, 3.8) is 0 Å². The Bertz CT molecular complexity index is 1060. The van der Waals surface area contributed by atoms with Gasteiger partial charge in [0, 0.05) is 17.3 Å². The average molecular weight is 437 g/mol. The van der Waals surface area contributed by atoms with E-state index < -0.39 is 0 Å². The predicted octanol–water partition coefficient (Wildman–Crippen LogP) is 4.91. The van der Waals surface area contributed by atoms with Crippen LogP contribution in [0.2, 0.25) is 0 Å². The number of nitrogens with zero attached hydrogens (tertiary/aromatic N) is 2. The van der Waals surface area contributed by atoms with Gasteiger partial charge in [0.2, 0.25) is 5.78 Å². The quantitative estimate of drug-likeness (QED) is 0.464. The van der Waals surface area contributed by atoms with Crippen molar-refractivity contribution >= 4 is 33.8 Å². The van der Waals surface area contributed by atoms with E-state index in [-0.39, 0.29) is 11.6 Å². The standard InChI is InChI=1S/C24H28N4O2S/c1-15(28(2)3)14-30-20-11-9-19(10-12-20)26-24-27-23(25)22(31-24)21(29)18-6-4-5-17(13-18)16-7-8-16/h4-6,9-13,15-16H,7-8,14,25H2,1-3H3,(H,26,27). The second-order valence-electron chi connectivity index (χ2n) is 8.24. The van der Waals surface area contributed by atoms with Gasteiger partial charge in [-0.25, -0.2) is 4.98 Å². The molecule has 1 aliphatic carbocycles. The fourth-order valence-electron chi connectivity index (χ4n) is 3.15. The zero-order chi connectivity index (χ0) is 22.0. The molecule has 1 aromatic heterocycles. The topological polar surface area (TPSA) is 80.5 Å². The van der Waals surface area contributed by atoms with E-state index in [2.05, 4.69) is 28.2 Å². The molecule has 3 N–H and O–H groups in total. The molecular weight excluding hydrogens is 408 g/mol. The number of aromatic nitrogens is 1. The number of carbonyl (C=O) groups is 1. The normalized spacial score (nSPS) is 14.5. The summed E-state index contributed by atoms with van der Waals surface area (Å²) in [5, 5.41) is 3.82. The fourth-order valence-corrected chi connectivity index (χ4v) is 4.02. The van der Waals surface area contributed by atoms with Gasteiger partial charge >= 0.3 is 0 Å². The molecule has 1 heterocycles. The van der Waals surface area contributed by atoms with Crippen molar-refractivity contribution in [1.29, 1.82) is 0 Å². The van der Waals surface area contributed by atoms with Crippen LogP contribution in [0.3, 0.4) is 0 Å². The van der Waals surface area contributed by atoms with Crippen LogP contribution in [-0.4, -0.2) is 42.4 Å². The molecule has 1 aliphatic rings. The summed E-state index contributed by atoms with van der Waals surface area (Å²) in [5.41, 5.74) is 8.83. The number of likely N-dealkylation sites (N-methyl/N-ethyl adjacent to an activating group) is 1. The SMILES string of the molecule is CC(COc1ccc(Nc2nc(N)c(C(=O)c3cccc(C4CC4)c3)s2)cc1)N(C)C. The third-order valence-corrected chi connectivity index (χ3v) is 6.52. The van der Waals surface area contributed by atoms with Crippen molar-refractivity contribution in [1.82, 2.24) is 9.88 Å². The molecule has 3 aromatic rings. The summed E-state index contributed by atoms with van der Waals surface area (Å²) in [4.78, 5) is 19.9. The highest BCUT2D eigenvalue weighted by Crippen LogP contribution is 2.40. The Hall–Kier alpha value is -2.90. The Morgan fingerprint density at radius 2 is 2.00 bits per heavy atom. The number of benzene rings is 2. The minimum atomic E-state index is -0.0793. The van der Waals surface area contributed by atoms with Crippen molar-refractivity contribution in [3.05, 3.63) is 64.5 Å². The maximum Gasteiger partial charge on any atom is 0.206 e. The van der Waals surface area contributed by atoms with E-state index >= 15 is 0 Å². The van der Waals surface area contributed by atoms with Crippen molar-refractivity contribution < 1.29 is 9.53 Å². The molecule has 0 saturated heterocycles. The molecule has 1 fully saturated rings. The molecule has 0 aliphatic heterocycles. The van der Waals surface area contributed by atoms with Gasteiger partial charge in [-0.15, -0.1) is 0 Å². The van der Waals surface area contributed by atoms with Crippen LogP contribution in [0.15, 0.2) is 48.5 Å². The molecule has 1 unspecified atom stereocenters. The summed E-state index contributed by atoms with van der Waals surface area (Å²) >= 11 is 1.28. The molecule has 0 amide bonds. The van der Waals surface area contributed by atoms with E-state index in [1.54, 1.807) is 0 Å². The molecule has 1 saturated carbocycles. The highest BCUT2D eigenvalue weighted by Gasteiger charge is 2.25. The number of nitrogens with one attached hydrogen (secondary N) is 1. The van der Waals surface area contributed by atoms with Gasteiger partial charge in [-0.2, -0.15) is 0 Å². The van der Waals surface area contributed by atoms with Gasteiger partial charge in [-0.3, -0.25) is 4.79 Å². The largest absolute Gasteiger partial charge is 0.492 e. The lowest BCUT2D eigenvalue weighted by molar-refractivity contribution is 0.104. The Morgan fingerprint density at radius 3 is 2.68 bits per heavy atom. The van der Waals surface area contributed by atoms with Crippen molar-refractivity contribution in [2.75, 3.05) is 31.8 Å². The van der Waals surface area contributed by atoms with Gasteiger partial charge in [0.05, 0.1) is 0 Å². The molecular formula is C24H28N4O2S. The summed E-state index contributed by atoms with van der Waals surface area (Å²) in [5.74, 6) is 1.59. The molecule has 7 heteroatoms. The van der Waals surface area contributed by atoms with Gasteiger partial charge in [0.15, 0.2) is 5.13 Å². The third-order valence-electron chi connectivity index (χ3n) is 5.54. The number of thiazole rings is 1.